The topological polar surface area (TPSA) is 191 Å². The normalized spacial score (nSPS) is 22.0. The number of likely N-dealkylation sites (tertiary alicyclic amines) is 1. The standard InChI is InChI=1S/C47H51FN12O5/c48-38-8-2-7-36(54-38)44(62)53-32-24-34(25-32)59-28-51-41-42(49-27-50-43(41)59)52-31-9-11-33(12-10-31)58-22-20-57(21-23-58)26-29-15-18-56(19-16-29)17-3-5-30-4-1-6-35-40(30)47(65)60(46(35)64)37-13-14-39(61)55-45(37)63/h1-2,4,6-12,27-29,32,34,37H,3,5,13-26H2,(H,53,62)(H,49,50,52)(H,55,61,63). The molecule has 4 aliphatic heterocycles. The number of anilines is 3. The van der Waals surface area contributed by atoms with Gasteiger partial charge in [0.15, 0.2) is 17.0 Å². The summed E-state index contributed by atoms with van der Waals surface area (Å²) in [6.45, 7) is 8.07. The molecule has 3 N–H and O–H groups in total. The Labute approximate surface area is 374 Å². The quantitative estimate of drug-likeness (QED) is 0.113. The van der Waals surface area contributed by atoms with Crippen LogP contribution in [0.3, 0.4) is 0 Å². The van der Waals surface area contributed by atoms with Gasteiger partial charge in [-0.05, 0) is 119 Å². The highest BCUT2D eigenvalue weighted by atomic mass is 19.1. The van der Waals surface area contributed by atoms with E-state index in [1.165, 1.54) is 30.2 Å². The van der Waals surface area contributed by atoms with E-state index < -0.39 is 29.7 Å². The van der Waals surface area contributed by atoms with Crippen LogP contribution in [0.5, 0.6) is 0 Å². The number of nitrogens with one attached hydrogen (secondary N) is 3. The van der Waals surface area contributed by atoms with Crippen molar-refractivity contribution in [3.63, 3.8) is 0 Å². The first-order valence-electron chi connectivity index (χ1n) is 22.7. The van der Waals surface area contributed by atoms with Crippen LogP contribution in [0, 0.1) is 11.9 Å². The first-order valence-corrected chi connectivity index (χ1v) is 22.7. The molecule has 336 valence electrons. The number of aromatic nitrogens is 5. The van der Waals surface area contributed by atoms with Crippen LogP contribution < -0.4 is 20.9 Å². The molecule has 5 aromatic rings. The number of halogens is 1. The lowest BCUT2D eigenvalue weighted by molar-refractivity contribution is -0.136. The number of piperazine rings is 1. The van der Waals surface area contributed by atoms with Gasteiger partial charge in [-0.3, -0.25) is 39.1 Å². The second-order valence-corrected chi connectivity index (χ2v) is 17.8. The Kier molecular flexibility index (Phi) is 11.8. The van der Waals surface area contributed by atoms with Gasteiger partial charge in [0.1, 0.15) is 18.1 Å². The van der Waals surface area contributed by atoms with E-state index in [2.05, 4.69) is 74.9 Å². The monoisotopic (exact) mass is 882 g/mol. The second-order valence-electron chi connectivity index (χ2n) is 17.8. The van der Waals surface area contributed by atoms with Crippen molar-refractivity contribution in [2.24, 2.45) is 5.92 Å². The highest BCUT2D eigenvalue weighted by Crippen LogP contribution is 2.36. The van der Waals surface area contributed by atoms with Crippen molar-refractivity contribution in [2.75, 3.05) is 62.6 Å². The fraction of sp³-hybridized carbons (Fsp3) is 0.426. The molecule has 65 heavy (non-hydrogen) atoms. The molecule has 0 radical (unpaired) electrons. The zero-order chi connectivity index (χ0) is 44.6. The zero-order valence-corrected chi connectivity index (χ0v) is 36.0. The molecule has 17 nitrogen and oxygen atoms in total. The van der Waals surface area contributed by atoms with Crippen LogP contribution in [0.2, 0.25) is 0 Å². The SMILES string of the molecule is O=C1CCC(N2C(=O)c3cccc(CCCN4CCC(CN5CCN(c6ccc(Nc7ncnc8c7ncn8C7CC(NC(=O)c8cccc(F)n8)C7)cc6)CC5)CC4)c3C2=O)C(=O)N1. The Hall–Kier alpha value is -6.66. The molecule has 1 atom stereocenters. The van der Waals surface area contributed by atoms with Crippen molar-refractivity contribution in [3.8, 4) is 0 Å². The van der Waals surface area contributed by atoms with E-state index in [1.54, 1.807) is 18.5 Å². The number of imidazole rings is 1. The molecular weight excluding hydrogens is 832 g/mol. The minimum atomic E-state index is -0.960. The predicted octanol–water partition coefficient (Wildman–Crippen LogP) is 4.11. The molecule has 1 saturated carbocycles. The number of aryl methyl sites for hydroxylation is 1. The Morgan fingerprint density at radius 1 is 0.831 bits per heavy atom. The zero-order valence-electron chi connectivity index (χ0n) is 36.0. The van der Waals surface area contributed by atoms with Gasteiger partial charge in [0.05, 0.1) is 17.5 Å². The second kappa shape index (κ2) is 18.1. The molecule has 7 heterocycles. The van der Waals surface area contributed by atoms with Gasteiger partial charge in [-0.1, -0.05) is 18.2 Å². The van der Waals surface area contributed by atoms with E-state index in [9.17, 15) is 28.4 Å². The third-order valence-corrected chi connectivity index (χ3v) is 13.7. The lowest BCUT2D eigenvalue weighted by Crippen LogP contribution is -2.54. The summed E-state index contributed by atoms with van der Waals surface area (Å²) in [6.07, 6.45) is 8.78. The van der Waals surface area contributed by atoms with Crippen molar-refractivity contribution in [2.45, 2.75) is 69.5 Å². The van der Waals surface area contributed by atoms with Gasteiger partial charge in [-0.25, -0.2) is 19.9 Å². The van der Waals surface area contributed by atoms with Crippen LogP contribution in [0.1, 0.15) is 87.8 Å². The maximum Gasteiger partial charge on any atom is 0.270 e. The lowest BCUT2D eigenvalue weighted by atomic mass is 9.86. The summed E-state index contributed by atoms with van der Waals surface area (Å²) in [7, 11) is 0. The number of hydrogen-bond acceptors (Lipinski definition) is 13. The minimum Gasteiger partial charge on any atom is -0.369 e. The third-order valence-electron chi connectivity index (χ3n) is 13.7. The van der Waals surface area contributed by atoms with Gasteiger partial charge in [-0.2, -0.15) is 4.39 Å². The van der Waals surface area contributed by atoms with E-state index in [0.717, 1.165) is 93.4 Å². The predicted molar refractivity (Wildman–Crippen MR) is 238 cm³/mol. The maximum absolute atomic E-state index is 13.5. The summed E-state index contributed by atoms with van der Waals surface area (Å²) in [5, 5.41) is 8.63. The molecule has 5 aliphatic rings. The van der Waals surface area contributed by atoms with Crippen molar-refractivity contribution >= 4 is 57.9 Å². The van der Waals surface area contributed by atoms with E-state index in [1.807, 2.05) is 10.6 Å². The van der Waals surface area contributed by atoms with Crippen LogP contribution in [0.15, 0.2) is 73.3 Å². The Bertz CT molecular complexity index is 2640. The van der Waals surface area contributed by atoms with Gasteiger partial charge in [0.2, 0.25) is 17.8 Å². The Morgan fingerprint density at radius 3 is 2.38 bits per heavy atom. The highest BCUT2D eigenvalue weighted by Gasteiger charge is 2.45. The molecule has 3 saturated heterocycles. The van der Waals surface area contributed by atoms with Crippen LogP contribution >= 0.6 is 0 Å². The molecule has 2 aromatic carbocycles. The number of nitrogens with zero attached hydrogens (tertiary/aromatic N) is 9. The summed E-state index contributed by atoms with van der Waals surface area (Å²) in [5.41, 5.74) is 5.10. The van der Waals surface area contributed by atoms with Gasteiger partial charge in [0, 0.05) is 62.6 Å². The molecule has 1 aliphatic carbocycles. The first-order chi connectivity index (χ1) is 31.6. The lowest BCUT2D eigenvalue weighted by Gasteiger charge is -2.39. The van der Waals surface area contributed by atoms with Crippen molar-refractivity contribution in [1.29, 1.82) is 0 Å². The number of hydrogen-bond donors (Lipinski definition) is 3. The molecule has 10 rings (SSSR count). The number of carbonyl (C=O) groups is 5. The largest absolute Gasteiger partial charge is 0.369 e. The van der Waals surface area contributed by atoms with Crippen molar-refractivity contribution < 1.29 is 28.4 Å². The number of benzene rings is 2. The van der Waals surface area contributed by atoms with Gasteiger partial charge < -0.3 is 25.0 Å². The van der Waals surface area contributed by atoms with Gasteiger partial charge in [0.25, 0.3) is 17.7 Å². The fourth-order valence-electron chi connectivity index (χ4n) is 10.1. The fourth-order valence-corrected chi connectivity index (χ4v) is 10.1. The molecule has 4 fully saturated rings. The number of carbonyl (C=O) groups excluding carboxylic acids is 5. The summed E-state index contributed by atoms with van der Waals surface area (Å²) in [4.78, 5) is 89.3. The number of imide groups is 2. The minimum absolute atomic E-state index is 0.0513. The smallest absolute Gasteiger partial charge is 0.270 e. The van der Waals surface area contributed by atoms with Crippen molar-refractivity contribution in [3.05, 3.63) is 102 Å². The molecule has 5 amide bonds. The number of pyridine rings is 1. The molecule has 0 spiro atoms. The molecule has 0 bridgehead atoms. The average Bonchev–Trinajstić information content (AvgIpc) is 3.84. The van der Waals surface area contributed by atoms with Crippen LogP contribution in [0.4, 0.5) is 21.6 Å². The van der Waals surface area contributed by atoms with Gasteiger partial charge >= 0.3 is 0 Å². The Balaban J connectivity index is 0.647. The van der Waals surface area contributed by atoms with E-state index in [0.29, 0.717) is 47.6 Å². The summed E-state index contributed by atoms with van der Waals surface area (Å²) < 4.78 is 15.5. The molecule has 18 heteroatoms. The van der Waals surface area contributed by atoms with Crippen LogP contribution in [-0.4, -0.2) is 133 Å². The van der Waals surface area contributed by atoms with Crippen LogP contribution in [-0.2, 0) is 16.0 Å². The molecule has 3 aromatic heterocycles. The summed E-state index contributed by atoms with van der Waals surface area (Å²) in [6, 6.07) is 17.1. The highest BCUT2D eigenvalue weighted by molar-refractivity contribution is 6.24. The maximum atomic E-state index is 13.5. The number of piperidine rings is 2. The van der Waals surface area contributed by atoms with E-state index >= 15 is 0 Å². The Morgan fingerprint density at radius 2 is 1.62 bits per heavy atom. The van der Waals surface area contributed by atoms with E-state index in [-0.39, 0.29) is 42.4 Å². The molecular formula is C47H51FN12O5. The van der Waals surface area contributed by atoms with Crippen LogP contribution in [0.25, 0.3) is 11.2 Å². The molecule has 1 unspecified atom stereocenters. The van der Waals surface area contributed by atoms with E-state index in [4.69, 9.17) is 0 Å². The van der Waals surface area contributed by atoms with Crippen molar-refractivity contribution in [1.82, 2.24) is 49.8 Å². The average molecular weight is 883 g/mol. The third kappa shape index (κ3) is 8.79. The summed E-state index contributed by atoms with van der Waals surface area (Å²) in [5.74, 6) is -1.67. The first kappa shape index (κ1) is 42.3. The summed E-state index contributed by atoms with van der Waals surface area (Å²) >= 11 is 0. The number of rotatable bonds is 13. The number of fused-ring (bicyclic) bond motifs is 2. The van der Waals surface area contributed by atoms with Gasteiger partial charge in [-0.15, -0.1) is 0 Å². The number of amides is 5.